The van der Waals surface area contributed by atoms with Crippen LogP contribution in [-0.4, -0.2) is 0 Å². The van der Waals surface area contributed by atoms with Gasteiger partial charge in [0.1, 0.15) is 0 Å². The number of benzene rings is 10. The Balaban J connectivity index is 0.942. The monoisotopic (exact) mass is 1000 g/mol. The molecule has 22 aliphatic carbocycles. The molecule has 23 atom stereocenters. The van der Waals surface area contributed by atoms with Crippen LogP contribution in [0.25, 0.3) is 97.3 Å². The van der Waals surface area contributed by atoms with Crippen LogP contribution in [0.5, 0.6) is 0 Å². The molecule has 0 amide bonds. The number of hydrogen-bond donors (Lipinski definition) is 0. The Hall–Kier alpha value is -5.37. The zero-order valence-corrected chi connectivity index (χ0v) is 44.6. The summed E-state index contributed by atoms with van der Waals surface area (Å²) in [7, 11) is 0. The largest absolute Gasteiger partial charge is 0.112 e. The average molecular weight is 1000 g/mol. The molecule has 23 unspecified atom stereocenters. The smallest absolute Gasteiger partial charge is 0.0645 e. The quantitative estimate of drug-likeness (QED) is 0.143. The van der Waals surface area contributed by atoms with Gasteiger partial charge >= 0.3 is 0 Å². The van der Waals surface area contributed by atoms with Crippen molar-refractivity contribution in [2.75, 3.05) is 0 Å². The molecule has 1 heterocycles. The highest BCUT2D eigenvalue weighted by atomic mass is 32.2. The van der Waals surface area contributed by atoms with Gasteiger partial charge in [0, 0.05) is 10.3 Å². The molecule has 0 aromatic heterocycles. The lowest BCUT2D eigenvalue weighted by molar-refractivity contribution is 0.0336. The van der Waals surface area contributed by atoms with Gasteiger partial charge in [-0.05, 0) is 368 Å². The maximum absolute atomic E-state index is 2.86. The van der Waals surface area contributed by atoms with Gasteiger partial charge in [0.25, 0.3) is 0 Å². The predicted octanol–water partition coefficient (Wildman–Crippen LogP) is 18.4. The Morgan fingerprint density at radius 1 is 0.385 bits per heavy atom. The first kappa shape index (κ1) is 34.0. The number of hydrogen-bond acceptors (Lipinski definition) is 1. The molecule has 0 saturated heterocycles. The molecule has 1 saturated carbocycles. The SMILES string of the molecule is CCCCC(CC)Cc1c(C(C)C)ccc2c1C13c4c5c6c7c8c9c%10c%11c%12c%13c%14c%15c(c%16c%13c%10c7c4-%16)C1(S2)C1C%15C2c4c7c%10c%13c%15c%16c%17c%18c%19c%20c%21c%22c%23c(c4c4c%22c%19c%16c%104)C2C%14C%12C%23C%21C%11C9C%20C%18C8C6C%17C%15C5C3C%13C71. The fourth-order valence-electron chi connectivity index (χ4n) is 34.0. The van der Waals surface area contributed by atoms with Gasteiger partial charge in [0.2, 0.25) is 0 Å². The highest BCUT2D eigenvalue weighted by molar-refractivity contribution is 8.00. The minimum absolute atomic E-state index is 0.00380. The van der Waals surface area contributed by atoms with E-state index in [0.717, 1.165) is 5.92 Å². The zero-order valence-electron chi connectivity index (χ0n) is 43.8. The Kier molecular flexibility index (Phi) is 3.65. The second-order valence-corrected chi connectivity index (χ2v) is 34.2. The minimum Gasteiger partial charge on any atom is -0.112 e. The second-order valence-electron chi connectivity index (χ2n) is 32.9. The van der Waals surface area contributed by atoms with E-state index in [4.69, 9.17) is 0 Å². The Morgan fingerprint density at radius 2 is 0.744 bits per heavy atom. The van der Waals surface area contributed by atoms with Crippen LogP contribution in [0.3, 0.4) is 0 Å². The molecule has 23 aliphatic rings. The summed E-state index contributed by atoms with van der Waals surface area (Å²) >= 11 is 2.65. The van der Waals surface area contributed by atoms with Crippen molar-refractivity contribution in [2.45, 2.75) is 187 Å². The summed E-state index contributed by atoms with van der Waals surface area (Å²) in [5.41, 5.74) is 50.6. The first-order chi connectivity index (χ1) is 38.6. The normalized spacial score (nSPS) is 44.8. The molecule has 0 radical (unpaired) electrons. The van der Waals surface area contributed by atoms with Crippen LogP contribution in [0.1, 0.15) is 294 Å². The molecule has 360 valence electrons. The van der Waals surface area contributed by atoms with E-state index in [2.05, 4.69) is 102 Å². The summed E-state index contributed by atoms with van der Waals surface area (Å²) in [5, 5.41) is 31.0. The first-order valence-electron chi connectivity index (χ1n) is 32.7. The first-order valence-corrected chi connectivity index (χ1v) is 33.5. The van der Waals surface area contributed by atoms with Crippen molar-refractivity contribution in [3.63, 3.8) is 0 Å². The third kappa shape index (κ3) is 2.04. The second kappa shape index (κ2) is 8.37. The van der Waals surface area contributed by atoms with Crippen LogP contribution in [-0.2, 0) is 16.6 Å². The zero-order chi connectivity index (χ0) is 47.6. The number of fused-ring (bicyclic) bond motifs is 1. The lowest BCUT2D eigenvalue weighted by atomic mass is 9.39. The van der Waals surface area contributed by atoms with Crippen molar-refractivity contribution in [2.24, 2.45) is 17.8 Å². The molecule has 1 aliphatic heterocycles. The summed E-state index contributed by atoms with van der Waals surface area (Å²) < 4.78 is 0.0400. The van der Waals surface area contributed by atoms with E-state index in [-0.39, 0.29) is 10.2 Å². The van der Waals surface area contributed by atoms with Gasteiger partial charge in [0.05, 0.1) is 4.75 Å². The molecule has 0 nitrogen and oxygen atoms in total. The van der Waals surface area contributed by atoms with Crippen molar-refractivity contribution < 1.29 is 0 Å². The van der Waals surface area contributed by atoms with E-state index < -0.39 is 0 Å². The third-order valence-electron chi connectivity index (χ3n) is 33.2. The maximum Gasteiger partial charge on any atom is 0.0645 e. The fourth-order valence-corrected chi connectivity index (χ4v) is 36.1. The highest BCUT2D eigenvalue weighted by Gasteiger charge is 2.90. The molecule has 1 fully saturated rings. The Bertz CT molecular complexity index is 5700. The van der Waals surface area contributed by atoms with E-state index in [0.29, 0.717) is 124 Å². The van der Waals surface area contributed by atoms with Gasteiger partial charge in [-0.2, -0.15) is 0 Å². The molecule has 11 aromatic carbocycles. The third-order valence-corrected chi connectivity index (χ3v) is 34.8. The van der Waals surface area contributed by atoms with Crippen molar-refractivity contribution in [1.82, 2.24) is 0 Å². The van der Waals surface area contributed by atoms with Crippen molar-refractivity contribution in [1.29, 1.82) is 0 Å². The van der Waals surface area contributed by atoms with Gasteiger partial charge in [-0.25, -0.2) is 0 Å². The molecular formula is C77H46S. The van der Waals surface area contributed by atoms with E-state index in [1.54, 1.807) is 10.5 Å². The molecule has 2 spiro atoms. The van der Waals surface area contributed by atoms with E-state index >= 15 is 0 Å². The minimum atomic E-state index is 0.00380. The lowest BCUT2D eigenvalue weighted by Gasteiger charge is -2.65. The number of thioether (sulfide) groups is 1. The summed E-state index contributed by atoms with van der Waals surface area (Å²) in [6, 6.07) is 5.63. The van der Waals surface area contributed by atoms with Gasteiger partial charge in [-0.1, -0.05) is 59.4 Å². The maximum atomic E-state index is 2.86. The average Bonchev–Trinajstić information content (AvgIpc) is 1.49. The van der Waals surface area contributed by atoms with E-state index in [9.17, 15) is 0 Å². The topological polar surface area (TPSA) is 0 Å². The van der Waals surface area contributed by atoms with Gasteiger partial charge in [0.15, 0.2) is 0 Å². The Morgan fingerprint density at radius 3 is 1.19 bits per heavy atom. The van der Waals surface area contributed by atoms with Crippen LogP contribution in [0, 0.1) is 17.8 Å². The summed E-state index contributed by atoms with van der Waals surface area (Å²) in [5.74, 6) is 14.5. The van der Waals surface area contributed by atoms with Gasteiger partial charge in [-0.15, -0.1) is 11.8 Å². The fraction of sp³-hybridized carbons (Fsp3) is 0.429. The summed E-state index contributed by atoms with van der Waals surface area (Å²) in [6.45, 7) is 10.3. The molecule has 0 bridgehead atoms. The molecule has 11 aromatic rings. The standard InChI is InChI=1S/C77H46S/c1-5-7-8-13(6-2)11-15-14(12(3)4)9-10-16-71(15)76-72-63-55-45-35-27-19-17-18-21-25-23(19)31-39-33(25)43-37-29(21)30-22(18)26-24-20(17)28(27)36-42-32(24)40-34(26)44-38(30)48-47(37)59-53(43)61-51(39)57(49(55)41(31)35)65(72)67(61)74-69(59)70-60(48)54(44)62-52(40)58-50(42)56(46(36)45)64(63)73(76)66(58)68(62)75(70)77(74,76)78-16/h9-10,12-13,19,21,23,25,27,29,35,37,45-48,56,60,64,66,68,70,73,75H,5-8,11H2,1-4H3. The number of rotatable bonds is 7. The molecule has 78 heavy (non-hydrogen) atoms. The van der Waals surface area contributed by atoms with Crippen molar-refractivity contribution in [3.05, 3.63) is 140 Å². The van der Waals surface area contributed by atoms with Crippen LogP contribution < -0.4 is 0 Å². The molecule has 0 N–H and O–H groups in total. The summed E-state index contributed by atoms with van der Waals surface area (Å²) in [6.07, 6.45) is 6.70. The molecular weight excluding hydrogens is 957 g/mol. The highest BCUT2D eigenvalue weighted by Crippen LogP contribution is 3.01. The van der Waals surface area contributed by atoms with Crippen molar-refractivity contribution in [3.8, 4) is 11.1 Å². The van der Waals surface area contributed by atoms with Gasteiger partial charge < -0.3 is 0 Å². The lowest BCUT2D eigenvalue weighted by Crippen LogP contribution is -2.62. The molecule has 1 heteroatoms. The van der Waals surface area contributed by atoms with Crippen LogP contribution >= 0.6 is 11.8 Å². The van der Waals surface area contributed by atoms with E-state index in [1.165, 1.54) is 32.1 Å². The Labute approximate surface area is 451 Å². The molecule has 34 rings (SSSR count). The van der Waals surface area contributed by atoms with Crippen LogP contribution in [0.4, 0.5) is 0 Å². The van der Waals surface area contributed by atoms with Crippen LogP contribution in [0.2, 0.25) is 0 Å². The van der Waals surface area contributed by atoms with E-state index in [1.807, 2.05) is 170 Å². The summed E-state index contributed by atoms with van der Waals surface area (Å²) in [4.78, 5) is 1.79. The van der Waals surface area contributed by atoms with Gasteiger partial charge in [-0.3, -0.25) is 0 Å². The predicted molar refractivity (Wildman–Crippen MR) is 308 cm³/mol. The van der Waals surface area contributed by atoms with Crippen molar-refractivity contribution >= 4 is 97.9 Å². The van der Waals surface area contributed by atoms with Crippen LogP contribution in [0.15, 0.2) is 17.0 Å². The number of unbranched alkanes of at least 4 members (excludes halogenated alkanes) is 1.